The molecule has 150 valence electrons. The number of nitrogens with one attached hydrogen (secondary N) is 2. The third-order valence-corrected chi connectivity index (χ3v) is 6.09. The third kappa shape index (κ3) is 4.76. The highest BCUT2D eigenvalue weighted by atomic mass is 32.2. The summed E-state index contributed by atoms with van der Waals surface area (Å²) in [4.78, 5) is 12.0. The van der Waals surface area contributed by atoms with Gasteiger partial charge in [0.15, 0.2) is 0 Å². The first-order valence-electron chi connectivity index (χ1n) is 9.21. The fourth-order valence-corrected chi connectivity index (χ4v) is 4.25. The molecule has 1 amide bonds. The van der Waals surface area contributed by atoms with Crippen LogP contribution in [0.15, 0.2) is 47.4 Å². The summed E-state index contributed by atoms with van der Waals surface area (Å²) in [6, 6.07) is 10.6. The lowest BCUT2D eigenvalue weighted by Gasteiger charge is -2.13. The van der Waals surface area contributed by atoms with Gasteiger partial charge in [0, 0.05) is 24.4 Å². The highest BCUT2D eigenvalue weighted by Gasteiger charge is 2.24. The number of hydrogen-bond acceptors (Lipinski definition) is 4. The van der Waals surface area contributed by atoms with Crippen LogP contribution in [0.3, 0.4) is 0 Å². The van der Waals surface area contributed by atoms with Crippen molar-refractivity contribution in [3.05, 3.63) is 59.4 Å². The first-order chi connectivity index (χ1) is 13.4. The Labute approximate surface area is 164 Å². The van der Waals surface area contributed by atoms with Crippen LogP contribution in [0.5, 0.6) is 0 Å². The Bertz CT molecular complexity index is 956. The zero-order chi connectivity index (χ0) is 20.1. The van der Waals surface area contributed by atoms with Crippen LogP contribution in [-0.2, 0) is 21.2 Å². The number of sulfonamides is 1. The zero-order valence-corrected chi connectivity index (χ0v) is 16.4. The van der Waals surface area contributed by atoms with Gasteiger partial charge in [-0.1, -0.05) is 25.1 Å². The molecule has 0 spiro atoms. The van der Waals surface area contributed by atoms with Crippen LogP contribution in [0.1, 0.15) is 35.7 Å². The predicted octanol–water partition coefficient (Wildman–Crippen LogP) is 3.10. The van der Waals surface area contributed by atoms with E-state index in [1.54, 1.807) is 12.1 Å². The average molecular weight is 406 g/mol. The molecule has 1 heterocycles. The van der Waals surface area contributed by atoms with Crippen LogP contribution in [0.2, 0.25) is 0 Å². The Morgan fingerprint density at radius 3 is 2.75 bits per heavy atom. The first kappa shape index (κ1) is 20.4. The molecule has 1 aliphatic heterocycles. The predicted molar refractivity (Wildman–Crippen MR) is 104 cm³/mol. The Morgan fingerprint density at radius 1 is 1.25 bits per heavy atom. The Morgan fingerprint density at radius 2 is 2.04 bits per heavy atom. The van der Waals surface area contributed by atoms with Crippen molar-refractivity contribution in [2.24, 2.45) is 0 Å². The summed E-state index contributed by atoms with van der Waals surface area (Å²) in [5.74, 6) is -1.41. The molecule has 1 unspecified atom stereocenters. The highest BCUT2D eigenvalue weighted by Crippen LogP contribution is 2.20. The fourth-order valence-electron chi connectivity index (χ4n) is 3.08. The summed E-state index contributed by atoms with van der Waals surface area (Å²) in [5, 5.41) is 2.76. The number of ether oxygens (including phenoxy) is 1. The molecule has 2 aromatic rings. The van der Waals surface area contributed by atoms with Gasteiger partial charge in [0.1, 0.15) is 10.7 Å². The Hall–Kier alpha value is -2.29. The molecule has 1 fully saturated rings. The molecule has 2 aromatic carbocycles. The maximum atomic E-state index is 14.2. The van der Waals surface area contributed by atoms with Crippen molar-refractivity contribution in [2.75, 3.05) is 18.5 Å². The van der Waals surface area contributed by atoms with Crippen molar-refractivity contribution in [3.8, 4) is 0 Å². The minimum absolute atomic E-state index is 0.0600. The summed E-state index contributed by atoms with van der Waals surface area (Å²) in [6.45, 7) is 2.63. The van der Waals surface area contributed by atoms with Gasteiger partial charge in [-0.2, -0.15) is 0 Å². The molecule has 0 aliphatic carbocycles. The molecule has 0 aromatic heterocycles. The number of carbonyl (C=O) groups excluding carboxylic acids is 1. The van der Waals surface area contributed by atoms with E-state index in [1.165, 1.54) is 6.07 Å². The number of benzene rings is 2. The van der Waals surface area contributed by atoms with E-state index in [0.717, 1.165) is 37.0 Å². The number of aryl methyl sites for hydroxylation is 1. The number of amides is 1. The summed E-state index contributed by atoms with van der Waals surface area (Å²) in [5.41, 5.74) is 1.65. The summed E-state index contributed by atoms with van der Waals surface area (Å²) < 4.78 is 47.0. The van der Waals surface area contributed by atoms with E-state index in [2.05, 4.69) is 10.0 Å². The molecule has 28 heavy (non-hydrogen) atoms. The second-order valence-electron chi connectivity index (χ2n) is 6.60. The molecule has 0 saturated carbocycles. The number of hydrogen-bond donors (Lipinski definition) is 2. The average Bonchev–Trinajstić information content (AvgIpc) is 3.21. The fraction of sp³-hybridized carbons (Fsp3) is 0.350. The van der Waals surface area contributed by atoms with Gasteiger partial charge in [0.2, 0.25) is 10.0 Å². The van der Waals surface area contributed by atoms with Gasteiger partial charge in [0.25, 0.3) is 5.91 Å². The van der Waals surface area contributed by atoms with Crippen LogP contribution in [0.4, 0.5) is 10.1 Å². The standard InChI is InChI=1S/C20H23FN2O4S/c1-2-14-6-3-4-8-18(14)23-20(24)15-9-10-17(21)19(12-15)28(25,26)22-13-16-7-5-11-27-16/h3-4,6,8-10,12,16,22H,2,5,7,11,13H2,1H3,(H,23,24). The van der Waals surface area contributed by atoms with E-state index in [4.69, 9.17) is 4.74 Å². The quantitative estimate of drug-likeness (QED) is 0.740. The van der Waals surface area contributed by atoms with Crippen molar-refractivity contribution < 1.29 is 22.3 Å². The molecular formula is C20H23FN2O4S. The SMILES string of the molecule is CCc1ccccc1NC(=O)c1ccc(F)c(S(=O)(=O)NCC2CCCO2)c1. The lowest BCUT2D eigenvalue weighted by Crippen LogP contribution is -2.32. The van der Waals surface area contributed by atoms with E-state index in [-0.39, 0.29) is 18.2 Å². The van der Waals surface area contributed by atoms with Gasteiger partial charge < -0.3 is 10.1 Å². The van der Waals surface area contributed by atoms with E-state index >= 15 is 0 Å². The molecule has 2 N–H and O–H groups in total. The van der Waals surface area contributed by atoms with E-state index in [1.807, 2.05) is 19.1 Å². The molecule has 1 atom stereocenters. The molecule has 1 aliphatic rings. The normalized spacial score (nSPS) is 16.9. The highest BCUT2D eigenvalue weighted by molar-refractivity contribution is 7.89. The van der Waals surface area contributed by atoms with Crippen molar-refractivity contribution in [1.82, 2.24) is 4.72 Å². The molecule has 6 nitrogen and oxygen atoms in total. The lowest BCUT2D eigenvalue weighted by molar-refractivity contribution is 0.102. The van der Waals surface area contributed by atoms with Crippen molar-refractivity contribution in [3.63, 3.8) is 0 Å². The van der Waals surface area contributed by atoms with Gasteiger partial charge in [-0.05, 0) is 49.1 Å². The van der Waals surface area contributed by atoms with Crippen LogP contribution in [-0.4, -0.2) is 33.6 Å². The summed E-state index contributed by atoms with van der Waals surface area (Å²) >= 11 is 0. The maximum absolute atomic E-state index is 14.2. The van der Waals surface area contributed by atoms with Gasteiger partial charge >= 0.3 is 0 Å². The van der Waals surface area contributed by atoms with Crippen molar-refractivity contribution in [1.29, 1.82) is 0 Å². The van der Waals surface area contributed by atoms with Gasteiger partial charge in [-0.15, -0.1) is 0 Å². The van der Waals surface area contributed by atoms with Gasteiger partial charge in [0.05, 0.1) is 6.10 Å². The molecule has 3 rings (SSSR count). The maximum Gasteiger partial charge on any atom is 0.255 e. The summed E-state index contributed by atoms with van der Waals surface area (Å²) in [7, 11) is -4.11. The van der Waals surface area contributed by atoms with Gasteiger partial charge in [-0.3, -0.25) is 4.79 Å². The monoisotopic (exact) mass is 406 g/mol. The zero-order valence-electron chi connectivity index (χ0n) is 15.6. The van der Waals surface area contributed by atoms with Crippen molar-refractivity contribution >= 4 is 21.6 Å². The van der Waals surface area contributed by atoms with Crippen LogP contribution in [0.25, 0.3) is 0 Å². The van der Waals surface area contributed by atoms with Crippen molar-refractivity contribution in [2.45, 2.75) is 37.2 Å². The number of rotatable bonds is 7. The third-order valence-electron chi connectivity index (χ3n) is 4.65. The van der Waals surface area contributed by atoms with Crippen LogP contribution >= 0.6 is 0 Å². The van der Waals surface area contributed by atoms with E-state index in [0.29, 0.717) is 12.3 Å². The van der Waals surface area contributed by atoms with Gasteiger partial charge in [-0.25, -0.2) is 17.5 Å². The first-order valence-corrected chi connectivity index (χ1v) is 10.7. The number of para-hydroxylation sites is 1. The second-order valence-corrected chi connectivity index (χ2v) is 8.33. The number of halogens is 1. The number of anilines is 1. The Balaban J connectivity index is 1.79. The largest absolute Gasteiger partial charge is 0.377 e. The number of carbonyl (C=O) groups is 1. The van der Waals surface area contributed by atoms with Crippen LogP contribution < -0.4 is 10.0 Å². The lowest BCUT2D eigenvalue weighted by atomic mass is 10.1. The van der Waals surface area contributed by atoms with E-state index < -0.39 is 26.6 Å². The minimum Gasteiger partial charge on any atom is -0.377 e. The molecule has 0 radical (unpaired) electrons. The molecule has 0 bridgehead atoms. The molecular weight excluding hydrogens is 383 g/mol. The smallest absolute Gasteiger partial charge is 0.255 e. The molecule has 1 saturated heterocycles. The summed E-state index contributed by atoms with van der Waals surface area (Å²) in [6.07, 6.45) is 2.14. The second kappa shape index (κ2) is 8.81. The van der Waals surface area contributed by atoms with Crippen LogP contribution in [0, 0.1) is 5.82 Å². The molecule has 8 heteroatoms. The van der Waals surface area contributed by atoms with E-state index in [9.17, 15) is 17.6 Å². The Kier molecular flexibility index (Phi) is 6.43. The minimum atomic E-state index is -4.11. The topological polar surface area (TPSA) is 84.5 Å².